The quantitative estimate of drug-likeness (QED) is 0.944. The van der Waals surface area contributed by atoms with E-state index >= 15 is 0 Å². The molecule has 1 N–H and O–H groups in total. The van der Waals surface area contributed by atoms with Crippen molar-refractivity contribution in [3.63, 3.8) is 0 Å². The van der Waals surface area contributed by atoms with Crippen molar-refractivity contribution in [2.45, 2.75) is 12.3 Å². The van der Waals surface area contributed by atoms with Crippen LogP contribution >= 0.6 is 11.3 Å². The smallest absolute Gasteiger partial charge is 0.225 e. The van der Waals surface area contributed by atoms with Crippen LogP contribution in [0.15, 0.2) is 23.8 Å². The van der Waals surface area contributed by atoms with E-state index in [9.17, 15) is 4.79 Å². The van der Waals surface area contributed by atoms with Gasteiger partial charge in [0.25, 0.3) is 0 Å². The first-order chi connectivity index (χ1) is 9.72. The molecule has 104 valence electrons. The van der Waals surface area contributed by atoms with Crippen LogP contribution in [0.4, 0.5) is 5.69 Å². The lowest BCUT2D eigenvalue weighted by Crippen LogP contribution is -2.23. The summed E-state index contributed by atoms with van der Waals surface area (Å²) in [6.45, 7) is 0. The fraction of sp³-hybridized carbons (Fsp3) is 0.286. The van der Waals surface area contributed by atoms with Gasteiger partial charge in [0.2, 0.25) is 5.91 Å². The Morgan fingerprint density at radius 3 is 2.85 bits per heavy atom. The molecule has 0 saturated heterocycles. The first-order valence-electron chi connectivity index (χ1n) is 6.17. The minimum atomic E-state index is -0.0212. The molecule has 1 aromatic heterocycles. The Morgan fingerprint density at radius 2 is 2.20 bits per heavy atom. The van der Waals surface area contributed by atoms with Crippen LogP contribution in [0, 0.1) is 0 Å². The molecule has 2 heterocycles. The summed E-state index contributed by atoms with van der Waals surface area (Å²) >= 11 is 1.55. The molecule has 0 radical (unpaired) electrons. The first kappa shape index (κ1) is 12.9. The van der Waals surface area contributed by atoms with Crippen molar-refractivity contribution in [1.82, 2.24) is 4.98 Å². The van der Waals surface area contributed by atoms with Crippen molar-refractivity contribution in [2.24, 2.45) is 0 Å². The molecule has 3 rings (SSSR count). The van der Waals surface area contributed by atoms with Gasteiger partial charge in [-0.25, -0.2) is 0 Å². The first-order valence-corrected chi connectivity index (χ1v) is 7.05. The van der Waals surface area contributed by atoms with Crippen LogP contribution in [0.5, 0.6) is 11.5 Å². The number of fused-ring (bicyclic) bond motifs is 1. The van der Waals surface area contributed by atoms with Gasteiger partial charge >= 0.3 is 0 Å². The van der Waals surface area contributed by atoms with Crippen molar-refractivity contribution in [2.75, 3.05) is 19.5 Å². The number of rotatable bonds is 3. The Labute approximate surface area is 120 Å². The second kappa shape index (κ2) is 5.13. The van der Waals surface area contributed by atoms with E-state index in [1.54, 1.807) is 37.3 Å². The van der Waals surface area contributed by atoms with Gasteiger partial charge in [0.05, 0.1) is 25.4 Å². The van der Waals surface area contributed by atoms with E-state index in [2.05, 4.69) is 10.3 Å². The van der Waals surface area contributed by atoms with E-state index in [-0.39, 0.29) is 11.8 Å². The number of aromatic nitrogens is 1. The monoisotopic (exact) mass is 290 g/mol. The molecule has 0 aliphatic carbocycles. The van der Waals surface area contributed by atoms with Crippen LogP contribution in [0.25, 0.3) is 0 Å². The standard InChI is InChI=1S/C14H14N2O3S/c1-18-8-3-10-14(11(4-8)19-2)9(5-13(17)16-10)12-6-15-7-20-12/h3-4,6-7,9H,5H2,1-2H3,(H,16,17). The van der Waals surface area contributed by atoms with Gasteiger partial charge in [-0.15, -0.1) is 11.3 Å². The van der Waals surface area contributed by atoms with Crippen LogP contribution in [0.3, 0.4) is 0 Å². The molecule has 20 heavy (non-hydrogen) atoms. The van der Waals surface area contributed by atoms with E-state index in [1.807, 2.05) is 12.1 Å². The maximum Gasteiger partial charge on any atom is 0.225 e. The van der Waals surface area contributed by atoms with Crippen molar-refractivity contribution in [3.8, 4) is 11.5 Å². The molecule has 1 unspecified atom stereocenters. The molecule has 1 aliphatic rings. The second-order valence-corrected chi connectivity index (χ2v) is 5.42. The molecule has 1 amide bonds. The molecule has 0 fully saturated rings. The molecular weight excluding hydrogens is 276 g/mol. The Balaban J connectivity index is 2.17. The zero-order valence-electron chi connectivity index (χ0n) is 11.2. The molecule has 1 aromatic carbocycles. The molecule has 0 spiro atoms. The number of hydrogen-bond acceptors (Lipinski definition) is 5. The Bertz CT molecular complexity index is 640. The van der Waals surface area contributed by atoms with Gasteiger partial charge in [-0.3, -0.25) is 9.78 Å². The molecule has 1 aliphatic heterocycles. The fourth-order valence-electron chi connectivity index (χ4n) is 2.48. The van der Waals surface area contributed by atoms with E-state index in [4.69, 9.17) is 9.47 Å². The van der Waals surface area contributed by atoms with E-state index in [1.165, 1.54) is 0 Å². The lowest BCUT2D eigenvalue weighted by atomic mass is 9.88. The number of methoxy groups -OCH3 is 2. The average Bonchev–Trinajstić information content (AvgIpc) is 2.98. The highest BCUT2D eigenvalue weighted by molar-refractivity contribution is 7.09. The number of amides is 1. The van der Waals surface area contributed by atoms with E-state index < -0.39 is 0 Å². The van der Waals surface area contributed by atoms with E-state index in [0.29, 0.717) is 12.2 Å². The number of anilines is 1. The van der Waals surface area contributed by atoms with Crippen LogP contribution in [-0.4, -0.2) is 25.1 Å². The topological polar surface area (TPSA) is 60.5 Å². The number of carbonyl (C=O) groups is 1. The van der Waals surface area contributed by atoms with Crippen LogP contribution in [-0.2, 0) is 4.79 Å². The molecule has 1 atom stereocenters. The predicted octanol–water partition coefficient (Wildman–Crippen LogP) is 2.63. The number of thiazole rings is 1. The van der Waals surface area contributed by atoms with Crippen molar-refractivity contribution in [3.05, 3.63) is 34.3 Å². The van der Waals surface area contributed by atoms with Crippen LogP contribution in [0.2, 0.25) is 0 Å². The summed E-state index contributed by atoms with van der Waals surface area (Å²) in [6, 6.07) is 3.66. The Kier molecular flexibility index (Phi) is 3.31. The maximum atomic E-state index is 11.9. The summed E-state index contributed by atoms with van der Waals surface area (Å²) in [6.07, 6.45) is 2.21. The summed E-state index contributed by atoms with van der Waals surface area (Å²) in [4.78, 5) is 17.1. The summed E-state index contributed by atoms with van der Waals surface area (Å²) in [5, 5.41) is 2.89. The molecule has 2 aromatic rings. The fourth-order valence-corrected chi connectivity index (χ4v) is 3.21. The normalized spacial score (nSPS) is 17.3. The minimum absolute atomic E-state index is 0.00814. The van der Waals surface area contributed by atoms with Crippen LogP contribution in [0.1, 0.15) is 22.8 Å². The Morgan fingerprint density at radius 1 is 1.35 bits per heavy atom. The SMILES string of the molecule is COc1cc2c(c(OC)c1)C(c1cncs1)CC(=O)N2. The second-order valence-electron chi connectivity index (χ2n) is 4.50. The Hall–Kier alpha value is -2.08. The molecule has 6 heteroatoms. The highest BCUT2D eigenvalue weighted by atomic mass is 32.1. The van der Waals surface area contributed by atoms with Gasteiger partial charge in [0, 0.05) is 41.1 Å². The number of carbonyl (C=O) groups excluding carboxylic acids is 1. The number of ether oxygens (including phenoxy) is 2. The highest BCUT2D eigenvalue weighted by Gasteiger charge is 2.31. The van der Waals surface area contributed by atoms with Gasteiger partial charge in [-0.1, -0.05) is 0 Å². The maximum absolute atomic E-state index is 11.9. The third-order valence-electron chi connectivity index (χ3n) is 3.38. The molecule has 0 bridgehead atoms. The lowest BCUT2D eigenvalue weighted by molar-refractivity contribution is -0.116. The van der Waals surface area contributed by atoms with Gasteiger partial charge in [0.1, 0.15) is 11.5 Å². The minimum Gasteiger partial charge on any atom is -0.497 e. The van der Waals surface area contributed by atoms with Gasteiger partial charge in [-0.05, 0) is 0 Å². The zero-order valence-corrected chi connectivity index (χ0v) is 12.0. The van der Waals surface area contributed by atoms with Gasteiger partial charge < -0.3 is 14.8 Å². The summed E-state index contributed by atoms with van der Waals surface area (Å²) in [5.74, 6) is 1.35. The molecular formula is C14H14N2O3S. The summed E-state index contributed by atoms with van der Waals surface area (Å²) in [5.41, 5.74) is 3.50. The largest absolute Gasteiger partial charge is 0.497 e. The average molecular weight is 290 g/mol. The van der Waals surface area contributed by atoms with Crippen molar-refractivity contribution in [1.29, 1.82) is 0 Å². The van der Waals surface area contributed by atoms with Gasteiger partial charge in [0.15, 0.2) is 0 Å². The highest BCUT2D eigenvalue weighted by Crippen LogP contribution is 2.45. The van der Waals surface area contributed by atoms with E-state index in [0.717, 1.165) is 21.9 Å². The van der Waals surface area contributed by atoms with Gasteiger partial charge in [-0.2, -0.15) is 0 Å². The molecule has 0 saturated carbocycles. The third-order valence-corrected chi connectivity index (χ3v) is 4.27. The number of nitrogens with zero attached hydrogens (tertiary/aromatic N) is 1. The van der Waals surface area contributed by atoms with Crippen molar-refractivity contribution < 1.29 is 14.3 Å². The lowest BCUT2D eigenvalue weighted by Gasteiger charge is -2.27. The molecule has 5 nitrogen and oxygen atoms in total. The number of benzene rings is 1. The van der Waals surface area contributed by atoms with Crippen LogP contribution < -0.4 is 14.8 Å². The van der Waals surface area contributed by atoms with Crippen molar-refractivity contribution >= 4 is 22.9 Å². The summed E-state index contributed by atoms with van der Waals surface area (Å²) in [7, 11) is 3.21. The number of nitrogens with one attached hydrogen (secondary N) is 1. The third kappa shape index (κ3) is 2.12. The number of hydrogen-bond donors (Lipinski definition) is 1. The zero-order chi connectivity index (χ0) is 14.1. The summed E-state index contributed by atoms with van der Waals surface area (Å²) < 4.78 is 10.7. The predicted molar refractivity (Wildman–Crippen MR) is 76.7 cm³/mol.